The minimum atomic E-state index is -0.981. The van der Waals surface area contributed by atoms with E-state index in [1.54, 1.807) is 35.1 Å². The standard InChI is InChI=1S/3C6H13.C3H4O2.Al.Sn.2H/c3*1-3-5-6-4-2;1-2-3(4)5;;;;/h3*1,3-6H2,2H3;2H,1H2,(H,4,5);;;;. The van der Waals surface area contributed by atoms with Gasteiger partial charge in [0.25, 0.3) is 14.1 Å². The predicted molar refractivity (Wildman–Crippen MR) is 119 cm³/mol. The summed E-state index contributed by atoms with van der Waals surface area (Å²) in [5, 5.41) is 12.6. The Kier molecular flexibility index (Phi) is 32.4. The number of hydrogen-bond acceptors (Lipinski definition) is 1. The van der Waals surface area contributed by atoms with Gasteiger partial charge in [-0.25, -0.2) is 4.79 Å². The molecule has 0 saturated carbocycles. The van der Waals surface area contributed by atoms with Crippen LogP contribution in [0, 0.1) is 0 Å². The van der Waals surface area contributed by atoms with Gasteiger partial charge < -0.3 is 5.11 Å². The summed E-state index contributed by atoms with van der Waals surface area (Å²) in [7, 11) is 0. The van der Waals surface area contributed by atoms with Crippen LogP contribution >= 0.6 is 0 Å². The van der Waals surface area contributed by atoms with Crippen LogP contribution < -0.4 is 0 Å². The Morgan fingerprint density at radius 2 is 1.04 bits per heavy atom. The zero-order valence-electron chi connectivity index (χ0n) is 17.5. The van der Waals surface area contributed by atoms with E-state index in [1.165, 1.54) is 57.8 Å². The normalized spacial score (nSPS) is 9.56. The van der Waals surface area contributed by atoms with Crippen LogP contribution in [0.1, 0.15) is 97.8 Å². The predicted octanol–water partition coefficient (Wildman–Crippen LogP) is 6.56. The van der Waals surface area contributed by atoms with Crippen LogP contribution in [-0.2, 0) is 4.79 Å². The number of aliphatic carboxylic acids is 1. The molecule has 148 valence electrons. The topological polar surface area (TPSA) is 37.3 Å². The Morgan fingerprint density at radius 3 is 1.24 bits per heavy atom. The molecule has 0 fully saturated rings. The van der Waals surface area contributed by atoms with Crippen LogP contribution in [0.2, 0.25) is 15.8 Å². The van der Waals surface area contributed by atoms with Crippen LogP contribution in [-0.4, -0.2) is 49.1 Å². The number of carboxylic acid groups (broad SMARTS) is 1. The Bertz CT molecular complexity index is 244. The molecule has 0 bridgehead atoms. The van der Waals surface area contributed by atoms with Crippen LogP contribution in [0.15, 0.2) is 12.7 Å². The molecule has 0 aliphatic carbocycles. The van der Waals surface area contributed by atoms with Gasteiger partial charge in [-0.3, -0.25) is 0 Å². The molecule has 0 aliphatic heterocycles. The summed E-state index contributed by atoms with van der Waals surface area (Å²) < 4.78 is 0. The molecule has 1 N–H and O–H groups in total. The first-order valence-electron chi connectivity index (χ1n) is 10.5. The number of hydrogen-bond donors (Lipinski definition) is 1. The van der Waals surface area contributed by atoms with Crippen LogP contribution in [0.4, 0.5) is 0 Å². The Morgan fingerprint density at radius 1 is 0.760 bits per heavy atom. The van der Waals surface area contributed by atoms with E-state index in [4.69, 9.17) is 5.11 Å². The van der Waals surface area contributed by atoms with Gasteiger partial charge in [0.15, 0.2) is 0 Å². The molecule has 0 aromatic heterocycles. The van der Waals surface area contributed by atoms with Crippen molar-refractivity contribution in [3.63, 3.8) is 0 Å². The molecule has 0 heterocycles. The summed E-state index contributed by atoms with van der Waals surface area (Å²) in [5.41, 5.74) is 0. The summed E-state index contributed by atoms with van der Waals surface area (Å²) in [6, 6.07) is 0. The molecule has 0 aliphatic rings. The van der Waals surface area contributed by atoms with E-state index in [0.717, 1.165) is 6.08 Å². The van der Waals surface area contributed by atoms with Gasteiger partial charge in [-0.15, -0.1) is 0 Å². The van der Waals surface area contributed by atoms with Crippen molar-refractivity contribution in [2.75, 3.05) is 0 Å². The zero-order valence-corrected chi connectivity index (χ0v) is 22.7. The van der Waals surface area contributed by atoms with E-state index in [1.807, 2.05) is 0 Å². The molecular formula is C21H45AlO2Sn. The fourth-order valence-corrected chi connectivity index (χ4v) is 6.48. The molecule has 0 spiro atoms. The molecule has 4 heteroatoms. The second-order valence-electron chi connectivity index (χ2n) is 6.96. The van der Waals surface area contributed by atoms with Crippen molar-refractivity contribution in [2.45, 2.75) is 114 Å². The van der Waals surface area contributed by atoms with Gasteiger partial charge in [0.05, 0.1) is 0 Å². The third-order valence-electron chi connectivity index (χ3n) is 4.57. The van der Waals surface area contributed by atoms with Crippen LogP contribution in [0.25, 0.3) is 0 Å². The molecule has 0 rings (SSSR count). The third kappa shape index (κ3) is 29.6. The average Bonchev–Trinajstić information content (AvgIpc) is 2.59. The summed E-state index contributed by atoms with van der Waals surface area (Å²) in [6.45, 7) is 9.93. The summed E-state index contributed by atoms with van der Waals surface area (Å²) >= 11 is -0.362. The fraction of sp³-hybridized carbons (Fsp3) is 0.857. The molecule has 0 aromatic rings. The van der Waals surface area contributed by atoms with Crippen molar-refractivity contribution in [3.8, 4) is 0 Å². The summed E-state index contributed by atoms with van der Waals surface area (Å²) in [5.74, 6) is -0.981. The van der Waals surface area contributed by atoms with E-state index in [2.05, 4.69) is 27.4 Å². The van der Waals surface area contributed by atoms with Crippen molar-refractivity contribution < 1.29 is 9.90 Å². The summed E-state index contributed by atoms with van der Waals surface area (Å²) in [4.78, 5) is 9.25. The van der Waals surface area contributed by atoms with Gasteiger partial charge in [0.2, 0.25) is 0 Å². The monoisotopic (exact) mass is 476 g/mol. The van der Waals surface area contributed by atoms with Crippen molar-refractivity contribution in [2.24, 2.45) is 0 Å². The van der Waals surface area contributed by atoms with Crippen LogP contribution in [0.5, 0.6) is 0 Å². The van der Waals surface area contributed by atoms with Crippen LogP contribution in [0.3, 0.4) is 0 Å². The van der Waals surface area contributed by atoms with Crippen molar-refractivity contribution in [1.29, 1.82) is 0 Å². The average molecular weight is 475 g/mol. The Labute approximate surface area is 179 Å². The van der Waals surface area contributed by atoms with Gasteiger partial charge in [0, 0.05) is 6.08 Å². The van der Waals surface area contributed by atoms with E-state index in [9.17, 15) is 4.79 Å². The third-order valence-corrected chi connectivity index (χ3v) is 8.25. The molecule has 2 nitrogen and oxygen atoms in total. The Balaban J connectivity index is -0.000000704. The molecule has 0 saturated heterocycles. The SMILES string of the molecule is C=CC(=O)O.CCCCC[CH2][Al]([CH2]CCCCC)[CH2]CCCCC.[SnH2]. The van der Waals surface area contributed by atoms with E-state index >= 15 is 0 Å². The van der Waals surface area contributed by atoms with Crippen molar-refractivity contribution in [1.82, 2.24) is 0 Å². The molecule has 0 unspecified atom stereocenters. The number of unbranched alkanes of at least 4 members (excludes halogenated alkanes) is 9. The van der Waals surface area contributed by atoms with E-state index in [-0.39, 0.29) is 38.1 Å². The number of carboxylic acids is 1. The molecule has 25 heavy (non-hydrogen) atoms. The Hall–Kier alpha value is 0.541. The molecule has 0 amide bonds. The molecule has 0 aromatic carbocycles. The number of rotatable bonds is 16. The van der Waals surface area contributed by atoms with Gasteiger partial charge in [-0.05, 0) is 0 Å². The first kappa shape index (κ1) is 30.3. The first-order chi connectivity index (χ1) is 11.6. The van der Waals surface area contributed by atoms with Gasteiger partial charge in [0.1, 0.15) is 0 Å². The van der Waals surface area contributed by atoms with E-state index < -0.39 is 5.97 Å². The van der Waals surface area contributed by atoms with Gasteiger partial charge in [-0.2, -0.15) is 0 Å². The fourth-order valence-electron chi connectivity index (χ4n) is 3.01. The minimum absolute atomic E-state index is 0. The molecular weight excluding hydrogens is 430 g/mol. The summed E-state index contributed by atoms with van der Waals surface area (Å²) in [6.07, 6.45) is 18.5. The van der Waals surface area contributed by atoms with E-state index in [0.29, 0.717) is 0 Å². The number of carbonyl (C=O) groups is 1. The van der Waals surface area contributed by atoms with Gasteiger partial charge >= 0.3 is 29.9 Å². The zero-order chi connectivity index (χ0) is 18.5. The second-order valence-corrected chi connectivity index (χ2v) is 10.4. The quantitative estimate of drug-likeness (QED) is 0.156. The van der Waals surface area contributed by atoms with Gasteiger partial charge in [-0.1, -0.05) is 120 Å². The van der Waals surface area contributed by atoms with Crippen molar-refractivity contribution in [3.05, 3.63) is 12.7 Å². The maximum absolute atomic E-state index is 9.25. The molecule has 0 atom stereocenters. The first-order valence-corrected chi connectivity index (χ1v) is 12.9. The molecule has 2 radical (unpaired) electrons. The maximum atomic E-state index is 9.25. The second kappa shape index (κ2) is 26.8. The van der Waals surface area contributed by atoms with Crippen molar-refractivity contribution >= 4 is 44.0 Å².